The Kier molecular flexibility index (Phi) is 5.80. The normalized spacial score (nSPS) is 44.2. The number of aliphatic hydroxyl groups is 1. The Morgan fingerprint density at radius 2 is 1.75 bits per heavy atom. The highest BCUT2D eigenvalue weighted by Crippen LogP contribution is 2.65. The largest absolute Gasteiger partial charge is 0.393 e. The molecule has 1 N–H and O–H groups in total. The van der Waals surface area contributed by atoms with E-state index in [1.165, 1.54) is 64.2 Å². The molecule has 4 aliphatic carbocycles. The predicted molar refractivity (Wildman–Crippen MR) is 119 cm³/mol. The standard InChI is InChI=1S/C27H46O/c1-18(2)7-6-8-19(3)23-11-12-24-22-10-9-20-17-21(28)13-15-26(20,4)25(22)14-16-27(23,24)5/h18-21,23,25,28H,6-17H2,1-5H3. The molecule has 0 aromatic heterocycles. The molecule has 0 aromatic carbocycles. The zero-order valence-electron chi connectivity index (χ0n) is 19.4. The highest BCUT2D eigenvalue weighted by molar-refractivity contribution is 5.34. The number of aliphatic hydroxyl groups excluding tert-OH is 1. The average Bonchev–Trinajstić information content (AvgIpc) is 2.99. The van der Waals surface area contributed by atoms with Crippen molar-refractivity contribution in [1.29, 1.82) is 0 Å². The van der Waals surface area contributed by atoms with E-state index < -0.39 is 0 Å². The van der Waals surface area contributed by atoms with Crippen molar-refractivity contribution in [2.24, 2.45) is 40.4 Å². The molecule has 0 spiro atoms. The molecule has 0 aromatic rings. The monoisotopic (exact) mass is 386 g/mol. The van der Waals surface area contributed by atoms with Crippen LogP contribution in [0.2, 0.25) is 0 Å². The Balaban J connectivity index is 1.53. The van der Waals surface area contributed by atoms with E-state index >= 15 is 0 Å². The molecule has 28 heavy (non-hydrogen) atoms. The van der Waals surface area contributed by atoms with Crippen molar-refractivity contribution in [3.8, 4) is 0 Å². The summed E-state index contributed by atoms with van der Waals surface area (Å²) in [7, 11) is 0. The molecule has 0 saturated heterocycles. The van der Waals surface area contributed by atoms with Crippen molar-refractivity contribution in [2.45, 2.75) is 118 Å². The number of hydrogen-bond acceptors (Lipinski definition) is 1. The number of hydrogen-bond donors (Lipinski definition) is 1. The maximum absolute atomic E-state index is 10.2. The first-order valence-corrected chi connectivity index (χ1v) is 12.7. The zero-order chi connectivity index (χ0) is 20.1. The summed E-state index contributed by atoms with van der Waals surface area (Å²) in [5.41, 5.74) is 4.82. The lowest BCUT2D eigenvalue weighted by Gasteiger charge is -2.56. The van der Waals surface area contributed by atoms with Gasteiger partial charge in [-0.05, 0) is 98.2 Å². The number of allylic oxidation sites excluding steroid dienone is 2. The summed E-state index contributed by atoms with van der Waals surface area (Å²) in [5, 5.41) is 10.2. The molecule has 0 bridgehead atoms. The number of rotatable bonds is 5. The third-order valence-electron chi connectivity index (χ3n) is 10.2. The quantitative estimate of drug-likeness (QED) is 0.484. The van der Waals surface area contributed by atoms with Gasteiger partial charge in [-0.2, -0.15) is 0 Å². The van der Waals surface area contributed by atoms with Gasteiger partial charge in [0.15, 0.2) is 0 Å². The lowest BCUT2D eigenvalue weighted by molar-refractivity contribution is -0.0381. The van der Waals surface area contributed by atoms with E-state index in [0.29, 0.717) is 10.8 Å². The first-order chi connectivity index (χ1) is 13.3. The molecular weight excluding hydrogens is 340 g/mol. The zero-order valence-corrected chi connectivity index (χ0v) is 19.4. The van der Waals surface area contributed by atoms with Crippen LogP contribution in [0.3, 0.4) is 0 Å². The van der Waals surface area contributed by atoms with Gasteiger partial charge in [0, 0.05) is 0 Å². The summed E-state index contributed by atoms with van der Waals surface area (Å²) in [6.45, 7) is 12.6. The van der Waals surface area contributed by atoms with E-state index in [1.54, 1.807) is 0 Å². The van der Waals surface area contributed by atoms with Gasteiger partial charge in [0.05, 0.1) is 6.10 Å². The summed E-state index contributed by atoms with van der Waals surface area (Å²) in [6, 6.07) is 0. The molecule has 7 atom stereocenters. The SMILES string of the molecule is CC(C)CCCC(C)C1CCC2=C3CCC4CC(O)CCC4(C)C3CCC21C. The van der Waals surface area contributed by atoms with Gasteiger partial charge in [-0.15, -0.1) is 0 Å². The maximum Gasteiger partial charge on any atom is 0.0543 e. The van der Waals surface area contributed by atoms with E-state index in [1.807, 2.05) is 11.1 Å². The summed E-state index contributed by atoms with van der Waals surface area (Å²) in [6.07, 6.45) is 16.0. The lowest BCUT2D eigenvalue weighted by Crippen LogP contribution is -2.48. The van der Waals surface area contributed by atoms with Gasteiger partial charge in [0.25, 0.3) is 0 Å². The van der Waals surface area contributed by atoms with Crippen LogP contribution in [0.15, 0.2) is 11.1 Å². The van der Waals surface area contributed by atoms with Gasteiger partial charge < -0.3 is 5.11 Å². The van der Waals surface area contributed by atoms with Crippen LogP contribution in [0.5, 0.6) is 0 Å². The van der Waals surface area contributed by atoms with Crippen molar-refractivity contribution in [2.75, 3.05) is 0 Å². The highest BCUT2D eigenvalue weighted by atomic mass is 16.3. The minimum Gasteiger partial charge on any atom is -0.393 e. The molecule has 3 saturated carbocycles. The van der Waals surface area contributed by atoms with Crippen LogP contribution in [0.1, 0.15) is 112 Å². The van der Waals surface area contributed by atoms with E-state index in [4.69, 9.17) is 0 Å². The Bertz CT molecular complexity index is 603. The average molecular weight is 387 g/mol. The smallest absolute Gasteiger partial charge is 0.0543 e. The Morgan fingerprint density at radius 1 is 0.964 bits per heavy atom. The van der Waals surface area contributed by atoms with Gasteiger partial charge in [-0.25, -0.2) is 0 Å². The second-order valence-electron chi connectivity index (χ2n) is 12.1. The first-order valence-electron chi connectivity index (χ1n) is 12.7. The number of fused-ring (bicyclic) bond motifs is 4. The van der Waals surface area contributed by atoms with Crippen molar-refractivity contribution in [3.05, 3.63) is 11.1 Å². The molecule has 0 radical (unpaired) electrons. The lowest BCUT2D eigenvalue weighted by atomic mass is 9.49. The van der Waals surface area contributed by atoms with E-state index in [0.717, 1.165) is 42.4 Å². The third-order valence-corrected chi connectivity index (χ3v) is 10.2. The molecule has 0 amide bonds. The fraction of sp³-hybridized carbons (Fsp3) is 0.926. The van der Waals surface area contributed by atoms with E-state index in [2.05, 4.69) is 34.6 Å². The summed E-state index contributed by atoms with van der Waals surface area (Å²) in [5.74, 6) is 4.25. The summed E-state index contributed by atoms with van der Waals surface area (Å²) >= 11 is 0. The van der Waals surface area contributed by atoms with Crippen LogP contribution in [0.25, 0.3) is 0 Å². The molecular formula is C27H46O. The molecule has 160 valence electrons. The Labute approximate surface area is 174 Å². The van der Waals surface area contributed by atoms with Crippen molar-refractivity contribution < 1.29 is 5.11 Å². The van der Waals surface area contributed by atoms with Gasteiger partial charge in [0.2, 0.25) is 0 Å². The van der Waals surface area contributed by atoms with Gasteiger partial charge in [0.1, 0.15) is 0 Å². The van der Waals surface area contributed by atoms with Crippen LogP contribution >= 0.6 is 0 Å². The minimum atomic E-state index is -0.0244. The molecule has 0 aliphatic heterocycles. The molecule has 0 heterocycles. The van der Waals surface area contributed by atoms with Gasteiger partial charge in [-0.3, -0.25) is 0 Å². The van der Waals surface area contributed by atoms with Crippen molar-refractivity contribution in [1.82, 2.24) is 0 Å². The first kappa shape index (κ1) is 21.0. The summed E-state index contributed by atoms with van der Waals surface area (Å²) in [4.78, 5) is 0. The molecule has 3 fully saturated rings. The van der Waals surface area contributed by atoms with Crippen LogP contribution < -0.4 is 0 Å². The summed E-state index contributed by atoms with van der Waals surface area (Å²) < 4.78 is 0. The van der Waals surface area contributed by atoms with E-state index in [9.17, 15) is 5.11 Å². The Hall–Kier alpha value is -0.300. The third kappa shape index (κ3) is 3.42. The second kappa shape index (κ2) is 7.75. The molecule has 1 heteroatoms. The van der Waals surface area contributed by atoms with Crippen molar-refractivity contribution >= 4 is 0 Å². The molecule has 7 unspecified atom stereocenters. The van der Waals surface area contributed by atoms with E-state index in [-0.39, 0.29) is 6.10 Å². The topological polar surface area (TPSA) is 20.2 Å². The minimum absolute atomic E-state index is 0.0244. The molecule has 1 nitrogen and oxygen atoms in total. The van der Waals surface area contributed by atoms with Crippen molar-refractivity contribution in [3.63, 3.8) is 0 Å². The van der Waals surface area contributed by atoms with Gasteiger partial charge in [-0.1, -0.05) is 65.0 Å². The molecule has 4 rings (SSSR count). The molecule has 4 aliphatic rings. The van der Waals surface area contributed by atoms with Crippen LogP contribution in [-0.4, -0.2) is 11.2 Å². The fourth-order valence-electron chi connectivity index (χ4n) is 8.47. The highest BCUT2D eigenvalue weighted by Gasteiger charge is 2.55. The fourth-order valence-corrected chi connectivity index (χ4v) is 8.47. The Morgan fingerprint density at radius 3 is 2.50 bits per heavy atom. The van der Waals surface area contributed by atoms with Crippen LogP contribution in [0, 0.1) is 40.4 Å². The second-order valence-corrected chi connectivity index (χ2v) is 12.1. The maximum atomic E-state index is 10.2. The van der Waals surface area contributed by atoms with Crippen LogP contribution in [0.4, 0.5) is 0 Å². The van der Waals surface area contributed by atoms with Gasteiger partial charge >= 0.3 is 0 Å². The predicted octanol–water partition coefficient (Wildman–Crippen LogP) is 7.53. The van der Waals surface area contributed by atoms with Crippen LogP contribution in [-0.2, 0) is 0 Å².